The Balaban J connectivity index is 4.40. The minimum atomic E-state index is -3.02. The Labute approximate surface area is 76.2 Å². The lowest BCUT2D eigenvalue weighted by molar-refractivity contribution is 0.347. The lowest BCUT2D eigenvalue weighted by Crippen LogP contribution is -2.22. The lowest BCUT2D eigenvalue weighted by Gasteiger charge is -2.10. The van der Waals surface area contributed by atoms with Crippen molar-refractivity contribution in [3.05, 3.63) is 0 Å². The van der Waals surface area contributed by atoms with Crippen LogP contribution < -0.4 is 11.5 Å². The van der Waals surface area contributed by atoms with Gasteiger partial charge in [0.05, 0.1) is 6.61 Å². The van der Waals surface area contributed by atoms with Crippen molar-refractivity contribution in [3.8, 4) is 0 Å². The average molecular weight is 211 g/mol. The van der Waals surface area contributed by atoms with E-state index in [4.69, 9.17) is 16.0 Å². The van der Waals surface area contributed by atoms with Gasteiger partial charge in [0.2, 0.25) is 0 Å². The molecule has 0 saturated heterocycles. The molecular weight excluding hydrogens is 197 g/mol. The van der Waals surface area contributed by atoms with Crippen molar-refractivity contribution in [2.24, 2.45) is 16.2 Å². The molecule has 0 rings (SSSR count). The van der Waals surface area contributed by atoms with E-state index in [2.05, 4.69) is 4.76 Å². The number of nitrogens with two attached hydrogens (primary N) is 2. The van der Waals surface area contributed by atoms with Crippen LogP contribution in [0.1, 0.15) is 13.8 Å². The number of nitrogens with zero attached hydrogens (tertiary/aromatic N) is 1. The van der Waals surface area contributed by atoms with Gasteiger partial charge < -0.3 is 16.0 Å². The second-order valence-corrected chi connectivity index (χ2v) is 6.22. The van der Waals surface area contributed by atoms with Crippen LogP contribution in [0.2, 0.25) is 0 Å². The molecule has 0 fully saturated rings. The number of guanidine groups is 1. The Bertz CT molecular complexity index is 195. The molecule has 1 atom stereocenters. The molecule has 4 N–H and O–H groups in total. The zero-order chi connectivity index (χ0) is 9.61. The summed E-state index contributed by atoms with van der Waals surface area (Å²) in [6, 6.07) is 0. The van der Waals surface area contributed by atoms with Crippen LogP contribution in [-0.4, -0.2) is 18.3 Å². The molecule has 0 aromatic carbocycles. The van der Waals surface area contributed by atoms with Crippen molar-refractivity contribution in [1.29, 1.82) is 0 Å². The summed E-state index contributed by atoms with van der Waals surface area (Å²) in [5.74, 6) is 0.446. The van der Waals surface area contributed by atoms with E-state index in [1.165, 1.54) is 0 Å². The highest BCUT2D eigenvalue weighted by atomic mass is 32.7. The SMILES string of the molecule is CCOP(=O)(N=C(N)N)SCC. The lowest BCUT2D eigenvalue weighted by atomic mass is 10.9. The average Bonchev–Trinajstić information content (AvgIpc) is 1.85. The number of rotatable bonds is 5. The second-order valence-electron chi connectivity index (χ2n) is 1.83. The molecule has 0 amide bonds. The summed E-state index contributed by atoms with van der Waals surface area (Å²) in [7, 11) is 0. The molecule has 0 spiro atoms. The number of hydrogen-bond donors (Lipinski definition) is 2. The normalized spacial score (nSPS) is 15.2. The highest BCUT2D eigenvalue weighted by Gasteiger charge is 2.21. The van der Waals surface area contributed by atoms with Gasteiger partial charge in [0.15, 0.2) is 5.96 Å². The maximum atomic E-state index is 11.6. The topological polar surface area (TPSA) is 90.7 Å². The van der Waals surface area contributed by atoms with E-state index in [0.29, 0.717) is 12.4 Å². The van der Waals surface area contributed by atoms with Gasteiger partial charge in [-0.05, 0) is 18.3 Å². The molecule has 0 aliphatic rings. The third-order valence-corrected chi connectivity index (χ3v) is 4.78. The van der Waals surface area contributed by atoms with Crippen LogP contribution in [-0.2, 0) is 9.09 Å². The predicted molar refractivity (Wildman–Crippen MR) is 53.2 cm³/mol. The van der Waals surface area contributed by atoms with Crippen molar-refractivity contribution in [2.75, 3.05) is 12.4 Å². The molecule has 0 aromatic rings. The van der Waals surface area contributed by atoms with E-state index in [9.17, 15) is 4.57 Å². The van der Waals surface area contributed by atoms with E-state index < -0.39 is 6.72 Å². The number of hydrogen-bond acceptors (Lipinski definition) is 3. The standard InChI is InChI=1S/C5H14N3O2PS/c1-3-10-11(9,12-4-2)8-5(6)7/h3-4H2,1-2H3,(H4,6,7,8,9). The van der Waals surface area contributed by atoms with Crippen LogP contribution in [0, 0.1) is 0 Å². The Morgan fingerprint density at radius 3 is 2.50 bits per heavy atom. The largest absolute Gasteiger partial charge is 0.374 e. The fourth-order valence-corrected chi connectivity index (χ4v) is 3.66. The minimum Gasteiger partial charge on any atom is -0.370 e. The van der Waals surface area contributed by atoms with Crippen molar-refractivity contribution in [2.45, 2.75) is 13.8 Å². The molecule has 0 aliphatic heterocycles. The van der Waals surface area contributed by atoms with Crippen LogP contribution in [0.4, 0.5) is 0 Å². The molecule has 0 aromatic heterocycles. The first-order valence-corrected chi connectivity index (χ1v) is 6.71. The fourth-order valence-electron chi connectivity index (χ4n) is 0.563. The molecule has 12 heavy (non-hydrogen) atoms. The molecule has 0 heterocycles. The molecule has 0 radical (unpaired) electrons. The van der Waals surface area contributed by atoms with Gasteiger partial charge in [-0.1, -0.05) is 6.92 Å². The van der Waals surface area contributed by atoms with Crippen molar-refractivity contribution < 1.29 is 9.09 Å². The molecule has 72 valence electrons. The summed E-state index contributed by atoms with van der Waals surface area (Å²) in [6.45, 7) is 0.914. The van der Waals surface area contributed by atoms with Crippen molar-refractivity contribution >= 4 is 24.1 Å². The van der Waals surface area contributed by atoms with Gasteiger partial charge in [0, 0.05) is 5.75 Å². The Kier molecular flexibility index (Phi) is 5.37. The van der Waals surface area contributed by atoms with E-state index in [-0.39, 0.29) is 5.96 Å². The summed E-state index contributed by atoms with van der Waals surface area (Å²) >= 11 is 1.12. The summed E-state index contributed by atoms with van der Waals surface area (Å²) in [6.07, 6.45) is 0. The van der Waals surface area contributed by atoms with Crippen LogP contribution in [0.25, 0.3) is 0 Å². The molecule has 0 aliphatic carbocycles. The molecule has 0 bridgehead atoms. The van der Waals surface area contributed by atoms with Gasteiger partial charge in [0.25, 0.3) is 0 Å². The van der Waals surface area contributed by atoms with Crippen molar-refractivity contribution in [3.63, 3.8) is 0 Å². The Hall–Kier alpha value is -0.190. The second kappa shape index (κ2) is 5.45. The quantitative estimate of drug-likeness (QED) is 0.404. The van der Waals surface area contributed by atoms with Crippen LogP contribution in [0.5, 0.6) is 0 Å². The van der Waals surface area contributed by atoms with Crippen LogP contribution in [0.3, 0.4) is 0 Å². The van der Waals surface area contributed by atoms with Crippen LogP contribution in [0.15, 0.2) is 4.76 Å². The van der Waals surface area contributed by atoms with E-state index in [1.807, 2.05) is 6.92 Å². The first-order valence-electron chi connectivity index (χ1n) is 3.54. The molecule has 0 saturated carbocycles. The molecule has 7 heteroatoms. The zero-order valence-corrected chi connectivity index (χ0v) is 8.90. The smallest absolute Gasteiger partial charge is 0.370 e. The third-order valence-electron chi connectivity index (χ3n) is 0.822. The Morgan fingerprint density at radius 2 is 2.17 bits per heavy atom. The van der Waals surface area contributed by atoms with Gasteiger partial charge in [-0.3, -0.25) is 4.57 Å². The first-order chi connectivity index (χ1) is 5.54. The highest BCUT2D eigenvalue weighted by molar-refractivity contribution is 8.56. The maximum Gasteiger partial charge on any atom is 0.374 e. The first kappa shape index (κ1) is 11.8. The van der Waals surface area contributed by atoms with E-state index in [1.54, 1.807) is 6.92 Å². The maximum absolute atomic E-state index is 11.6. The van der Waals surface area contributed by atoms with Gasteiger partial charge in [-0.2, -0.15) is 4.76 Å². The summed E-state index contributed by atoms with van der Waals surface area (Å²) in [4.78, 5) is 0. The van der Waals surface area contributed by atoms with Gasteiger partial charge in [-0.25, -0.2) is 0 Å². The molecule has 5 nitrogen and oxygen atoms in total. The van der Waals surface area contributed by atoms with Crippen molar-refractivity contribution in [1.82, 2.24) is 0 Å². The third kappa shape index (κ3) is 4.64. The predicted octanol–water partition coefficient (Wildman–Crippen LogP) is 1.16. The summed E-state index contributed by atoms with van der Waals surface area (Å²) in [5.41, 5.74) is 10.2. The van der Waals surface area contributed by atoms with E-state index in [0.717, 1.165) is 11.4 Å². The monoisotopic (exact) mass is 211 g/mol. The van der Waals surface area contributed by atoms with Gasteiger partial charge in [-0.15, -0.1) is 0 Å². The highest BCUT2D eigenvalue weighted by Crippen LogP contribution is 2.60. The minimum absolute atomic E-state index is 0.201. The van der Waals surface area contributed by atoms with Gasteiger partial charge >= 0.3 is 6.72 Å². The Morgan fingerprint density at radius 1 is 1.58 bits per heavy atom. The van der Waals surface area contributed by atoms with Gasteiger partial charge in [0.1, 0.15) is 0 Å². The summed E-state index contributed by atoms with van der Waals surface area (Å²) in [5, 5.41) is 0. The molecular formula is C5H14N3O2PS. The fraction of sp³-hybridized carbons (Fsp3) is 0.800. The summed E-state index contributed by atoms with van der Waals surface area (Å²) < 4.78 is 20.1. The van der Waals surface area contributed by atoms with Crippen LogP contribution >= 0.6 is 18.1 Å². The molecule has 1 unspecified atom stereocenters. The van der Waals surface area contributed by atoms with E-state index >= 15 is 0 Å². The zero-order valence-electron chi connectivity index (χ0n) is 7.19.